The van der Waals surface area contributed by atoms with Gasteiger partial charge in [0.15, 0.2) is 0 Å². The molecule has 0 unspecified atom stereocenters. The summed E-state index contributed by atoms with van der Waals surface area (Å²) in [6, 6.07) is 13.1. The summed E-state index contributed by atoms with van der Waals surface area (Å²) < 4.78 is 0. The maximum Gasteiger partial charge on any atom is 0.269 e. The summed E-state index contributed by atoms with van der Waals surface area (Å²) in [7, 11) is 2.16. The summed E-state index contributed by atoms with van der Waals surface area (Å²) in [4.78, 5) is 16.9. The number of nitrogens with zero attached hydrogens (tertiary/aromatic N) is 3. The normalized spacial score (nSPS) is 15.6. The number of benzene rings is 2. The van der Waals surface area contributed by atoms with Crippen molar-refractivity contribution in [2.24, 2.45) is 0 Å². The van der Waals surface area contributed by atoms with Gasteiger partial charge in [-0.3, -0.25) is 10.1 Å². The molecule has 1 aliphatic heterocycles. The fourth-order valence-corrected chi connectivity index (χ4v) is 4.47. The van der Waals surface area contributed by atoms with Crippen LogP contribution in [0.1, 0.15) is 17.5 Å². The van der Waals surface area contributed by atoms with Gasteiger partial charge in [-0.2, -0.15) is 0 Å². The first-order valence-corrected chi connectivity index (χ1v) is 10.9. The first-order valence-electron chi connectivity index (χ1n) is 9.57. The minimum Gasteiger partial charge on any atom is -0.304 e. The average molecular weight is 420 g/mol. The second-order valence-corrected chi connectivity index (χ2v) is 8.67. The van der Waals surface area contributed by atoms with Crippen molar-refractivity contribution in [3.05, 3.63) is 68.7 Å². The van der Waals surface area contributed by atoms with Gasteiger partial charge in [0.25, 0.3) is 5.69 Å². The number of non-ortho nitro benzene ring substituents is 1. The van der Waals surface area contributed by atoms with E-state index in [0.29, 0.717) is 0 Å². The van der Waals surface area contributed by atoms with Crippen LogP contribution in [0.3, 0.4) is 0 Å². The molecular weight excluding hydrogens is 394 g/mol. The summed E-state index contributed by atoms with van der Waals surface area (Å²) in [5.74, 6) is 0.820. The van der Waals surface area contributed by atoms with Gasteiger partial charge >= 0.3 is 0 Å². The highest BCUT2D eigenvalue weighted by molar-refractivity contribution is 7.98. The lowest BCUT2D eigenvalue weighted by Gasteiger charge is -2.32. The monoisotopic (exact) mass is 419 g/mol. The summed E-state index contributed by atoms with van der Waals surface area (Å²) in [5.41, 5.74) is 2.43. The number of hydrogen-bond acceptors (Lipinski definition) is 5. The number of hydrogen-bond donors (Lipinski definition) is 0. The Labute approximate surface area is 175 Å². The molecule has 1 aliphatic rings. The predicted molar refractivity (Wildman–Crippen MR) is 116 cm³/mol. The van der Waals surface area contributed by atoms with E-state index >= 15 is 0 Å². The molecule has 0 amide bonds. The van der Waals surface area contributed by atoms with Gasteiger partial charge in [0.2, 0.25) is 0 Å². The Morgan fingerprint density at radius 1 is 1.11 bits per heavy atom. The van der Waals surface area contributed by atoms with E-state index in [1.54, 1.807) is 23.9 Å². The minimum atomic E-state index is -0.308. The standard InChI is InChI=1S/C21H26ClN3O2S/c1-23-11-13-24(14-12-23)10-2-3-18-15-20(25(26)27)8-9-21(18)28-16-17-4-6-19(22)7-5-17/h4-9,15H,2-3,10-14,16H2,1H3. The Balaban J connectivity index is 1.62. The Morgan fingerprint density at radius 2 is 1.82 bits per heavy atom. The van der Waals surface area contributed by atoms with Gasteiger partial charge < -0.3 is 9.80 Å². The average Bonchev–Trinajstić information content (AvgIpc) is 2.69. The van der Waals surface area contributed by atoms with Crippen LogP contribution in [0.25, 0.3) is 0 Å². The third-order valence-corrected chi connectivity index (χ3v) is 6.52. The molecule has 7 heteroatoms. The molecule has 1 heterocycles. The lowest BCUT2D eigenvalue weighted by atomic mass is 10.1. The van der Waals surface area contributed by atoms with Crippen LogP contribution in [0, 0.1) is 10.1 Å². The van der Waals surface area contributed by atoms with E-state index in [0.717, 1.165) is 66.8 Å². The molecule has 0 aromatic heterocycles. The molecule has 0 saturated carbocycles. The van der Waals surface area contributed by atoms with Gasteiger partial charge in [-0.05, 0) is 55.8 Å². The van der Waals surface area contributed by atoms with Gasteiger partial charge in [0.1, 0.15) is 0 Å². The van der Waals surface area contributed by atoms with Crippen molar-refractivity contribution in [3.8, 4) is 0 Å². The number of halogens is 1. The second-order valence-electron chi connectivity index (χ2n) is 7.21. The van der Waals surface area contributed by atoms with Crippen molar-refractivity contribution in [1.29, 1.82) is 0 Å². The van der Waals surface area contributed by atoms with Gasteiger partial charge in [-0.1, -0.05) is 23.7 Å². The maximum absolute atomic E-state index is 11.2. The van der Waals surface area contributed by atoms with E-state index in [2.05, 4.69) is 16.8 Å². The Bertz CT molecular complexity index is 793. The zero-order valence-electron chi connectivity index (χ0n) is 16.1. The van der Waals surface area contributed by atoms with Crippen molar-refractivity contribution < 1.29 is 4.92 Å². The first kappa shape index (κ1) is 21.1. The Hall–Kier alpha value is -1.60. The van der Waals surface area contributed by atoms with Crippen molar-refractivity contribution >= 4 is 29.1 Å². The molecule has 28 heavy (non-hydrogen) atoms. The lowest BCUT2D eigenvalue weighted by molar-refractivity contribution is -0.385. The molecular formula is C21H26ClN3O2S. The summed E-state index contributed by atoms with van der Waals surface area (Å²) in [6.07, 6.45) is 1.87. The van der Waals surface area contributed by atoms with Gasteiger partial charge in [0.05, 0.1) is 4.92 Å². The highest BCUT2D eigenvalue weighted by Crippen LogP contribution is 2.30. The van der Waals surface area contributed by atoms with Crippen LogP contribution in [0.15, 0.2) is 47.4 Å². The molecule has 2 aromatic carbocycles. The number of likely N-dealkylation sites (N-methyl/N-ethyl adjacent to an activating group) is 1. The zero-order chi connectivity index (χ0) is 19.9. The quantitative estimate of drug-likeness (QED) is 0.352. The smallest absolute Gasteiger partial charge is 0.269 e. The van der Waals surface area contributed by atoms with Crippen molar-refractivity contribution in [3.63, 3.8) is 0 Å². The number of thioether (sulfide) groups is 1. The molecule has 0 N–H and O–H groups in total. The topological polar surface area (TPSA) is 49.6 Å². The minimum absolute atomic E-state index is 0.172. The van der Waals surface area contributed by atoms with E-state index in [1.165, 1.54) is 5.56 Å². The second kappa shape index (κ2) is 10.3. The fourth-order valence-electron chi connectivity index (χ4n) is 3.32. The summed E-state index contributed by atoms with van der Waals surface area (Å²) >= 11 is 7.68. The van der Waals surface area contributed by atoms with Gasteiger partial charge in [0, 0.05) is 54.0 Å². The molecule has 2 aromatic rings. The van der Waals surface area contributed by atoms with E-state index in [9.17, 15) is 10.1 Å². The number of nitro benzene ring substituents is 1. The van der Waals surface area contributed by atoms with Crippen LogP contribution in [-0.4, -0.2) is 54.5 Å². The number of rotatable bonds is 8. The van der Waals surface area contributed by atoms with Crippen LogP contribution >= 0.6 is 23.4 Å². The number of nitro groups is 1. The fraction of sp³-hybridized carbons (Fsp3) is 0.429. The molecule has 5 nitrogen and oxygen atoms in total. The molecule has 3 rings (SSSR count). The Morgan fingerprint density at radius 3 is 2.50 bits per heavy atom. The summed E-state index contributed by atoms with van der Waals surface area (Å²) in [6.45, 7) is 5.46. The van der Waals surface area contributed by atoms with Gasteiger partial charge in [-0.25, -0.2) is 0 Å². The maximum atomic E-state index is 11.2. The van der Waals surface area contributed by atoms with E-state index < -0.39 is 0 Å². The van der Waals surface area contributed by atoms with E-state index in [1.807, 2.05) is 30.3 Å². The Kier molecular flexibility index (Phi) is 7.73. The third-order valence-electron chi connectivity index (χ3n) is 5.08. The highest BCUT2D eigenvalue weighted by Gasteiger charge is 2.15. The molecule has 0 bridgehead atoms. The van der Waals surface area contributed by atoms with Crippen LogP contribution in [0.4, 0.5) is 5.69 Å². The molecule has 1 fully saturated rings. The molecule has 0 aliphatic carbocycles. The van der Waals surface area contributed by atoms with Crippen molar-refractivity contribution in [2.45, 2.75) is 23.5 Å². The molecule has 0 radical (unpaired) electrons. The molecule has 1 saturated heterocycles. The highest BCUT2D eigenvalue weighted by atomic mass is 35.5. The third kappa shape index (κ3) is 6.21. The largest absolute Gasteiger partial charge is 0.304 e. The molecule has 150 valence electrons. The molecule has 0 spiro atoms. The number of piperazine rings is 1. The van der Waals surface area contributed by atoms with Crippen molar-refractivity contribution in [2.75, 3.05) is 39.8 Å². The first-order chi connectivity index (χ1) is 13.5. The zero-order valence-corrected chi connectivity index (χ0v) is 17.7. The SMILES string of the molecule is CN1CCN(CCCc2cc([N+](=O)[O-])ccc2SCc2ccc(Cl)cc2)CC1. The van der Waals surface area contributed by atoms with Gasteiger partial charge in [-0.15, -0.1) is 11.8 Å². The van der Waals surface area contributed by atoms with E-state index in [4.69, 9.17) is 11.6 Å². The summed E-state index contributed by atoms with van der Waals surface area (Å²) in [5, 5.41) is 11.9. The lowest BCUT2D eigenvalue weighted by Crippen LogP contribution is -2.44. The number of aryl methyl sites for hydroxylation is 1. The predicted octanol–water partition coefficient (Wildman–Crippen LogP) is 4.72. The van der Waals surface area contributed by atoms with Crippen LogP contribution in [-0.2, 0) is 12.2 Å². The van der Waals surface area contributed by atoms with Crippen molar-refractivity contribution in [1.82, 2.24) is 9.80 Å². The molecule has 0 atom stereocenters. The van der Waals surface area contributed by atoms with Crippen LogP contribution in [0.2, 0.25) is 5.02 Å². The van der Waals surface area contributed by atoms with Crippen LogP contribution in [0.5, 0.6) is 0 Å². The van der Waals surface area contributed by atoms with E-state index in [-0.39, 0.29) is 10.6 Å². The van der Waals surface area contributed by atoms with Crippen LogP contribution < -0.4 is 0 Å².